The minimum atomic E-state index is -3.73. The van der Waals surface area contributed by atoms with Crippen LogP contribution in [0.5, 0.6) is 0 Å². The van der Waals surface area contributed by atoms with Crippen molar-refractivity contribution in [2.24, 2.45) is 11.1 Å². The zero-order valence-electron chi connectivity index (χ0n) is 17.8. The largest absolute Gasteiger partial charge is 0.344 e. The number of halogens is 1. The van der Waals surface area contributed by atoms with Crippen LogP contribution in [0.3, 0.4) is 0 Å². The highest BCUT2D eigenvalue weighted by molar-refractivity contribution is 7.89. The normalized spacial score (nSPS) is 18.0. The lowest BCUT2D eigenvalue weighted by molar-refractivity contribution is -0.134. The van der Waals surface area contributed by atoms with Crippen molar-refractivity contribution in [1.29, 1.82) is 0 Å². The number of likely N-dealkylation sites (N-methyl/N-ethyl adjacent to an activating group) is 1. The number of carbonyl (C=O) groups excluding carboxylic acids is 1. The fraction of sp³-hybridized carbons (Fsp3) is 0.650. The van der Waals surface area contributed by atoms with Gasteiger partial charge >= 0.3 is 0 Å². The Labute approximate surface area is 175 Å². The first-order chi connectivity index (χ1) is 12.4. The Kier molecular flexibility index (Phi) is 8.10. The first-order valence-corrected chi connectivity index (χ1v) is 10.9. The van der Waals surface area contributed by atoms with E-state index in [1.807, 2.05) is 46.8 Å². The molecule has 28 heavy (non-hydrogen) atoms. The number of aryl methyl sites for hydroxylation is 3. The summed E-state index contributed by atoms with van der Waals surface area (Å²) < 4.78 is 28.2. The predicted molar refractivity (Wildman–Crippen MR) is 115 cm³/mol. The molecule has 0 saturated carbocycles. The molecule has 1 aliphatic rings. The molecule has 6 nitrogen and oxygen atoms in total. The molecule has 1 aromatic carbocycles. The van der Waals surface area contributed by atoms with Crippen LogP contribution in [0, 0.1) is 26.2 Å². The molecular weight excluding hydrogens is 398 g/mol. The van der Waals surface area contributed by atoms with Crippen LogP contribution in [0.2, 0.25) is 0 Å². The van der Waals surface area contributed by atoms with Gasteiger partial charge in [-0.15, -0.1) is 12.4 Å². The molecular formula is C20H34ClN3O3S. The van der Waals surface area contributed by atoms with E-state index in [0.29, 0.717) is 37.4 Å². The van der Waals surface area contributed by atoms with Crippen LogP contribution in [-0.2, 0) is 14.8 Å². The van der Waals surface area contributed by atoms with Crippen molar-refractivity contribution in [2.75, 3.05) is 26.7 Å². The Morgan fingerprint density at radius 3 is 2.29 bits per heavy atom. The fourth-order valence-electron chi connectivity index (χ4n) is 4.00. The zero-order valence-corrected chi connectivity index (χ0v) is 19.4. The number of hydrogen-bond acceptors (Lipinski definition) is 4. The molecule has 1 unspecified atom stereocenters. The van der Waals surface area contributed by atoms with E-state index in [4.69, 9.17) is 5.73 Å². The molecule has 1 atom stereocenters. The lowest BCUT2D eigenvalue weighted by Gasteiger charge is -2.33. The van der Waals surface area contributed by atoms with Crippen LogP contribution in [0.15, 0.2) is 17.0 Å². The van der Waals surface area contributed by atoms with Crippen molar-refractivity contribution < 1.29 is 13.2 Å². The number of sulfonamides is 1. The number of amides is 1. The molecule has 1 heterocycles. The second-order valence-corrected chi connectivity index (χ2v) is 10.4. The molecule has 0 spiro atoms. The number of hydrogen-bond donors (Lipinski definition) is 1. The van der Waals surface area contributed by atoms with Crippen molar-refractivity contribution in [3.05, 3.63) is 28.8 Å². The van der Waals surface area contributed by atoms with Gasteiger partial charge in [0.25, 0.3) is 0 Å². The summed E-state index contributed by atoms with van der Waals surface area (Å²) in [6.07, 6.45) is 1.24. The highest BCUT2D eigenvalue weighted by atomic mass is 35.5. The number of nitrogens with two attached hydrogens (primary N) is 1. The summed E-state index contributed by atoms with van der Waals surface area (Å²) in [5, 5.41) is 0. The van der Waals surface area contributed by atoms with Gasteiger partial charge in [-0.2, -0.15) is 4.31 Å². The molecule has 0 aromatic heterocycles. The van der Waals surface area contributed by atoms with Crippen LogP contribution >= 0.6 is 12.4 Å². The van der Waals surface area contributed by atoms with Crippen LogP contribution in [-0.4, -0.2) is 56.3 Å². The van der Waals surface area contributed by atoms with Gasteiger partial charge in [-0.25, -0.2) is 8.42 Å². The molecule has 2 rings (SSSR count). The van der Waals surface area contributed by atoms with E-state index < -0.39 is 16.1 Å². The van der Waals surface area contributed by atoms with Crippen LogP contribution < -0.4 is 5.73 Å². The molecule has 1 fully saturated rings. The van der Waals surface area contributed by atoms with Gasteiger partial charge in [0, 0.05) is 20.1 Å². The monoisotopic (exact) mass is 431 g/mol. The predicted octanol–water partition coefficient (Wildman–Crippen LogP) is 2.63. The Morgan fingerprint density at radius 2 is 1.79 bits per heavy atom. The number of carbonyl (C=O) groups is 1. The highest BCUT2D eigenvalue weighted by Gasteiger charge is 2.42. The van der Waals surface area contributed by atoms with Gasteiger partial charge in [0.1, 0.15) is 6.04 Å². The summed E-state index contributed by atoms with van der Waals surface area (Å²) in [4.78, 5) is 15.0. The fourth-order valence-corrected chi connectivity index (χ4v) is 6.07. The van der Waals surface area contributed by atoms with Gasteiger partial charge in [0.2, 0.25) is 15.9 Å². The van der Waals surface area contributed by atoms with E-state index >= 15 is 0 Å². The standard InChI is InChI=1S/C20H33N3O3S.ClH/c1-14-10-15(2)18(16(3)11-14)27(25,26)23-9-7-8-17(23)19(24)22(6)13-20(4,5)12-21;/h10-11,17H,7-9,12-13,21H2,1-6H3;1H. The quantitative estimate of drug-likeness (QED) is 0.750. The Hall–Kier alpha value is -1.15. The zero-order chi connectivity index (χ0) is 20.6. The third-order valence-corrected chi connectivity index (χ3v) is 7.47. The minimum Gasteiger partial charge on any atom is -0.344 e. The minimum absolute atomic E-state index is 0. The maximum Gasteiger partial charge on any atom is 0.244 e. The number of benzene rings is 1. The van der Waals surface area contributed by atoms with Crippen LogP contribution in [0.1, 0.15) is 43.4 Å². The molecule has 1 aliphatic heterocycles. The molecule has 1 aromatic rings. The summed E-state index contributed by atoms with van der Waals surface area (Å²) in [5.74, 6) is -0.153. The molecule has 160 valence electrons. The van der Waals surface area contributed by atoms with Crippen molar-refractivity contribution in [1.82, 2.24) is 9.21 Å². The average molecular weight is 432 g/mol. The van der Waals surface area contributed by atoms with E-state index in [2.05, 4.69) is 0 Å². The van der Waals surface area contributed by atoms with Crippen LogP contribution in [0.25, 0.3) is 0 Å². The molecule has 0 radical (unpaired) electrons. The molecule has 1 amide bonds. The van der Waals surface area contributed by atoms with Gasteiger partial charge in [-0.05, 0) is 56.7 Å². The van der Waals surface area contributed by atoms with E-state index in [0.717, 1.165) is 16.7 Å². The van der Waals surface area contributed by atoms with E-state index in [1.165, 1.54) is 4.31 Å². The maximum absolute atomic E-state index is 13.4. The summed E-state index contributed by atoms with van der Waals surface area (Å²) in [5.41, 5.74) is 8.05. The van der Waals surface area contributed by atoms with Gasteiger partial charge in [-0.3, -0.25) is 4.79 Å². The van der Waals surface area contributed by atoms with Crippen molar-refractivity contribution >= 4 is 28.3 Å². The Bertz CT molecular complexity index is 801. The van der Waals surface area contributed by atoms with Crippen molar-refractivity contribution in [2.45, 2.75) is 58.4 Å². The topological polar surface area (TPSA) is 83.7 Å². The third kappa shape index (κ3) is 5.06. The summed E-state index contributed by atoms with van der Waals surface area (Å²) in [6, 6.07) is 3.11. The molecule has 0 aliphatic carbocycles. The SMILES string of the molecule is Cc1cc(C)c(S(=O)(=O)N2CCCC2C(=O)N(C)CC(C)(C)CN)c(C)c1.Cl. The Morgan fingerprint density at radius 1 is 1.25 bits per heavy atom. The van der Waals surface area contributed by atoms with Gasteiger partial charge in [-0.1, -0.05) is 31.5 Å². The average Bonchev–Trinajstić information content (AvgIpc) is 3.02. The van der Waals surface area contributed by atoms with Crippen molar-refractivity contribution in [3.8, 4) is 0 Å². The van der Waals surface area contributed by atoms with Gasteiger partial charge in [0.15, 0.2) is 0 Å². The summed E-state index contributed by atoms with van der Waals surface area (Å²) in [7, 11) is -2.01. The number of rotatable bonds is 6. The first kappa shape index (κ1) is 24.9. The first-order valence-electron chi connectivity index (χ1n) is 9.45. The maximum atomic E-state index is 13.4. The van der Waals surface area contributed by atoms with Gasteiger partial charge in [0.05, 0.1) is 4.90 Å². The second-order valence-electron chi connectivity index (χ2n) is 8.56. The molecule has 0 bridgehead atoms. The van der Waals surface area contributed by atoms with E-state index in [9.17, 15) is 13.2 Å². The Balaban J connectivity index is 0.00000392. The van der Waals surface area contributed by atoms with Crippen LogP contribution in [0.4, 0.5) is 0 Å². The van der Waals surface area contributed by atoms with Gasteiger partial charge < -0.3 is 10.6 Å². The lowest BCUT2D eigenvalue weighted by atomic mass is 9.93. The van der Waals surface area contributed by atoms with E-state index in [-0.39, 0.29) is 23.7 Å². The summed E-state index contributed by atoms with van der Waals surface area (Å²) >= 11 is 0. The number of nitrogens with zero attached hydrogens (tertiary/aromatic N) is 2. The molecule has 2 N–H and O–H groups in total. The third-order valence-electron chi connectivity index (χ3n) is 5.25. The van der Waals surface area contributed by atoms with E-state index in [1.54, 1.807) is 11.9 Å². The van der Waals surface area contributed by atoms with Crippen molar-refractivity contribution in [3.63, 3.8) is 0 Å². The highest BCUT2D eigenvalue weighted by Crippen LogP contribution is 2.31. The molecule has 1 saturated heterocycles. The molecule has 8 heteroatoms. The summed E-state index contributed by atoms with van der Waals surface area (Å²) in [6.45, 7) is 10.9. The smallest absolute Gasteiger partial charge is 0.244 e. The second kappa shape index (κ2) is 9.11. The lowest BCUT2D eigenvalue weighted by Crippen LogP contribution is -2.49.